The van der Waals surface area contributed by atoms with Crippen molar-refractivity contribution in [2.45, 2.75) is 47.1 Å². The van der Waals surface area contributed by atoms with Gasteiger partial charge in [0.2, 0.25) is 5.91 Å². The fourth-order valence-corrected chi connectivity index (χ4v) is 3.60. The standard InChI is InChI=1S/C19H27N3OS/c1-7-15(5)22(6)10-17(23)21-19-20-16(11-24-19)18-13(3)8-12(2)9-14(18)4/h8-9,11,15H,7,10H2,1-6H3,(H,20,21,23). The first-order chi connectivity index (χ1) is 11.3. The van der Waals surface area contributed by atoms with Gasteiger partial charge in [-0.15, -0.1) is 11.3 Å². The maximum atomic E-state index is 12.2. The summed E-state index contributed by atoms with van der Waals surface area (Å²) in [6.45, 7) is 10.9. The van der Waals surface area contributed by atoms with E-state index in [2.05, 4.69) is 62.0 Å². The molecule has 1 amide bonds. The molecule has 24 heavy (non-hydrogen) atoms. The van der Waals surface area contributed by atoms with Gasteiger partial charge < -0.3 is 5.32 Å². The monoisotopic (exact) mass is 345 g/mol. The number of thiazole rings is 1. The molecule has 1 N–H and O–H groups in total. The Labute approximate surface area is 148 Å². The molecule has 2 rings (SSSR count). The van der Waals surface area contributed by atoms with E-state index in [0.717, 1.165) is 17.7 Å². The average molecular weight is 346 g/mol. The molecule has 1 atom stereocenters. The van der Waals surface area contributed by atoms with Gasteiger partial charge in [-0.05, 0) is 52.3 Å². The number of benzene rings is 1. The summed E-state index contributed by atoms with van der Waals surface area (Å²) in [5.74, 6) is -0.0175. The van der Waals surface area contributed by atoms with Gasteiger partial charge >= 0.3 is 0 Å². The van der Waals surface area contributed by atoms with Gasteiger partial charge in [0.15, 0.2) is 5.13 Å². The number of rotatable bonds is 6. The SMILES string of the molecule is CCC(C)N(C)CC(=O)Nc1nc(-c2c(C)cc(C)cc2C)cs1. The minimum absolute atomic E-state index is 0.0175. The number of nitrogens with one attached hydrogen (secondary N) is 1. The summed E-state index contributed by atoms with van der Waals surface area (Å²) in [4.78, 5) is 18.8. The summed E-state index contributed by atoms with van der Waals surface area (Å²) in [5.41, 5.74) is 5.78. The van der Waals surface area contributed by atoms with Crippen LogP contribution in [0.25, 0.3) is 11.3 Å². The van der Waals surface area contributed by atoms with Gasteiger partial charge in [-0.3, -0.25) is 9.69 Å². The summed E-state index contributed by atoms with van der Waals surface area (Å²) in [5, 5.41) is 5.59. The van der Waals surface area contributed by atoms with Crippen molar-refractivity contribution in [3.8, 4) is 11.3 Å². The molecule has 1 aromatic carbocycles. The zero-order valence-electron chi connectivity index (χ0n) is 15.4. The van der Waals surface area contributed by atoms with Crippen LogP contribution in [-0.2, 0) is 4.79 Å². The first-order valence-electron chi connectivity index (χ1n) is 8.35. The van der Waals surface area contributed by atoms with Crippen molar-refractivity contribution in [2.75, 3.05) is 18.9 Å². The fourth-order valence-electron chi connectivity index (χ4n) is 2.88. The van der Waals surface area contributed by atoms with E-state index in [0.29, 0.717) is 17.7 Å². The molecule has 0 radical (unpaired) electrons. The number of likely N-dealkylation sites (N-methyl/N-ethyl adjacent to an activating group) is 1. The van der Waals surface area contributed by atoms with Crippen LogP contribution in [0.15, 0.2) is 17.5 Å². The summed E-state index contributed by atoms with van der Waals surface area (Å²) in [6.07, 6.45) is 1.02. The third kappa shape index (κ3) is 4.42. The van der Waals surface area contributed by atoms with E-state index in [1.807, 2.05) is 12.4 Å². The minimum atomic E-state index is -0.0175. The van der Waals surface area contributed by atoms with Crippen molar-refractivity contribution >= 4 is 22.4 Å². The predicted octanol–water partition coefficient (Wildman–Crippen LogP) is 4.40. The summed E-state index contributed by atoms with van der Waals surface area (Å²) < 4.78 is 0. The van der Waals surface area contributed by atoms with Crippen LogP contribution >= 0.6 is 11.3 Å². The van der Waals surface area contributed by atoms with Gasteiger partial charge in [-0.2, -0.15) is 0 Å². The van der Waals surface area contributed by atoms with Gasteiger partial charge in [-0.25, -0.2) is 4.98 Å². The largest absolute Gasteiger partial charge is 0.301 e. The van der Waals surface area contributed by atoms with Gasteiger partial charge in [0, 0.05) is 17.0 Å². The van der Waals surface area contributed by atoms with Crippen molar-refractivity contribution in [3.05, 3.63) is 34.2 Å². The smallest absolute Gasteiger partial charge is 0.240 e. The average Bonchev–Trinajstić information content (AvgIpc) is 2.92. The van der Waals surface area contributed by atoms with Crippen LogP contribution in [0.4, 0.5) is 5.13 Å². The van der Waals surface area contributed by atoms with Crippen molar-refractivity contribution in [3.63, 3.8) is 0 Å². The van der Waals surface area contributed by atoms with Crippen LogP contribution in [0.1, 0.15) is 37.0 Å². The van der Waals surface area contributed by atoms with Crippen molar-refractivity contribution in [1.82, 2.24) is 9.88 Å². The van der Waals surface area contributed by atoms with E-state index in [9.17, 15) is 4.79 Å². The maximum absolute atomic E-state index is 12.2. The number of amides is 1. The van der Waals surface area contributed by atoms with Gasteiger partial charge in [0.25, 0.3) is 0 Å². The maximum Gasteiger partial charge on any atom is 0.240 e. The lowest BCUT2D eigenvalue weighted by atomic mass is 9.98. The lowest BCUT2D eigenvalue weighted by molar-refractivity contribution is -0.117. The summed E-state index contributed by atoms with van der Waals surface area (Å²) in [7, 11) is 1.97. The third-order valence-electron chi connectivity index (χ3n) is 4.42. The topological polar surface area (TPSA) is 45.2 Å². The molecule has 1 aromatic heterocycles. The number of aryl methyl sites for hydroxylation is 3. The molecule has 0 spiro atoms. The minimum Gasteiger partial charge on any atom is -0.301 e. The highest BCUT2D eigenvalue weighted by molar-refractivity contribution is 7.14. The van der Waals surface area contributed by atoms with Gasteiger partial charge in [0.05, 0.1) is 12.2 Å². The first kappa shape index (κ1) is 18.6. The lowest BCUT2D eigenvalue weighted by Gasteiger charge is -2.22. The second-order valence-corrected chi connectivity index (χ2v) is 7.39. The zero-order valence-corrected chi connectivity index (χ0v) is 16.3. The highest BCUT2D eigenvalue weighted by atomic mass is 32.1. The number of nitrogens with zero attached hydrogens (tertiary/aromatic N) is 2. The number of carbonyl (C=O) groups is 1. The molecule has 130 valence electrons. The molecule has 5 heteroatoms. The van der Waals surface area contributed by atoms with Crippen LogP contribution in [-0.4, -0.2) is 35.4 Å². The second-order valence-electron chi connectivity index (χ2n) is 6.53. The van der Waals surface area contributed by atoms with Crippen LogP contribution in [0.5, 0.6) is 0 Å². The second kappa shape index (κ2) is 7.90. The third-order valence-corrected chi connectivity index (χ3v) is 5.18. The van der Waals surface area contributed by atoms with E-state index in [1.54, 1.807) is 0 Å². The van der Waals surface area contributed by atoms with Crippen molar-refractivity contribution < 1.29 is 4.79 Å². The number of aromatic nitrogens is 1. The number of carbonyl (C=O) groups excluding carboxylic acids is 1. The van der Waals surface area contributed by atoms with Gasteiger partial charge in [0.1, 0.15) is 0 Å². The summed E-state index contributed by atoms with van der Waals surface area (Å²) >= 11 is 1.47. The quantitative estimate of drug-likeness (QED) is 0.844. The Morgan fingerprint density at radius 3 is 2.50 bits per heavy atom. The Bertz CT molecular complexity index is 700. The number of hydrogen-bond acceptors (Lipinski definition) is 4. The van der Waals surface area contributed by atoms with Crippen LogP contribution < -0.4 is 5.32 Å². The highest BCUT2D eigenvalue weighted by Gasteiger charge is 2.15. The van der Waals surface area contributed by atoms with Gasteiger partial charge in [-0.1, -0.05) is 24.6 Å². The molecule has 4 nitrogen and oxygen atoms in total. The Hall–Kier alpha value is -1.72. The highest BCUT2D eigenvalue weighted by Crippen LogP contribution is 2.31. The van der Waals surface area contributed by atoms with Crippen LogP contribution in [0.3, 0.4) is 0 Å². The summed E-state index contributed by atoms with van der Waals surface area (Å²) in [6, 6.07) is 4.72. The van der Waals surface area contributed by atoms with Crippen molar-refractivity contribution in [2.24, 2.45) is 0 Å². The molecule has 0 fully saturated rings. The Morgan fingerprint density at radius 2 is 1.92 bits per heavy atom. The van der Waals surface area contributed by atoms with E-state index in [1.165, 1.54) is 28.0 Å². The fraction of sp³-hybridized carbons (Fsp3) is 0.474. The molecule has 2 aromatic rings. The molecule has 0 bridgehead atoms. The Balaban J connectivity index is 2.10. The normalized spacial score (nSPS) is 12.5. The van der Waals surface area contributed by atoms with Crippen LogP contribution in [0.2, 0.25) is 0 Å². The molecular weight excluding hydrogens is 318 g/mol. The Kier molecular flexibility index (Phi) is 6.13. The number of hydrogen-bond donors (Lipinski definition) is 1. The molecule has 0 aliphatic rings. The molecule has 1 unspecified atom stereocenters. The molecule has 1 heterocycles. The lowest BCUT2D eigenvalue weighted by Crippen LogP contribution is -2.36. The van der Waals surface area contributed by atoms with Crippen molar-refractivity contribution in [1.29, 1.82) is 0 Å². The van der Waals surface area contributed by atoms with E-state index >= 15 is 0 Å². The van der Waals surface area contributed by atoms with E-state index in [4.69, 9.17) is 0 Å². The predicted molar refractivity (Wildman–Crippen MR) is 103 cm³/mol. The number of anilines is 1. The van der Waals surface area contributed by atoms with Crippen LogP contribution in [0, 0.1) is 20.8 Å². The zero-order chi connectivity index (χ0) is 17.9. The first-order valence-corrected chi connectivity index (χ1v) is 9.23. The molecule has 0 aliphatic heterocycles. The molecular formula is C19H27N3OS. The van der Waals surface area contributed by atoms with E-state index in [-0.39, 0.29) is 5.91 Å². The molecule has 0 saturated heterocycles. The molecule has 0 saturated carbocycles. The van der Waals surface area contributed by atoms with E-state index < -0.39 is 0 Å². The Morgan fingerprint density at radius 1 is 1.29 bits per heavy atom. The molecule has 0 aliphatic carbocycles.